The van der Waals surface area contributed by atoms with Crippen LogP contribution in [0.3, 0.4) is 0 Å². The third-order valence-corrected chi connectivity index (χ3v) is 5.77. The molecule has 3 N–H and O–H groups in total. The van der Waals surface area contributed by atoms with Crippen LogP contribution in [0.5, 0.6) is 0 Å². The summed E-state index contributed by atoms with van der Waals surface area (Å²) in [6.07, 6.45) is 8.18. The summed E-state index contributed by atoms with van der Waals surface area (Å²) < 4.78 is 1.01. The van der Waals surface area contributed by atoms with Crippen LogP contribution in [0.4, 0.5) is 11.6 Å². The minimum absolute atomic E-state index is 0.146. The normalized spacial score (nSPS) is 13.1. The number of pyridine rings is 3. The summed E-state index contributed by atoms with van der Waals surface area (Å²) in [6.45, 7) is 6.40. The summed E-state index contributed by atoms with van der Waals surface area (Å²) in [5.41, 5.74) is 3.77. The second kappa shape index (κ2) is 9.15. The van der Waals surface area contributed by atoms with E-state index in [2.05, 4.69) is 25.6 Å². The minimum atomic E-state index is -0.146. The van der Waals surface area contributed by atoms with Crippen LogP contribution in [0.1, 0.15) is 24.0 Å². The molecule has 30 heavy (non-hydrogen) atoms. The maximum atomic E-state index is 11.6. The summed E-state index contributed by atoms with van der Waals surface area (Å²) in [5.74, 6) is 1.24. The van der Waals surface area contributed by atoms with Gasteiger partial charge in [-0.15, -0.1) is 11.3 Å². The first-order chi connectivity index (χ1) is 14.6. The molecule has 0 radical (unpaired) electrons. The molecule has 0 atom stereocenters. The van der Waals surface area contributed by atoms with Gasteiger partial charge in [0.05, 0.1) is 10.2 Å². The summed E-state index contributed by atoms with van der Waals surface area (Å²) >= 11 is 1.60. The van der Waals surface area contributed by atoms with Crippen LogP contribution in [0.25, 0.3) is 20.8 Å². The number of nitrogens with zero attached hydrogens (tertiary/aromatic N) is 3. The number of aryl methyl sites for hydroxylation is 2. The Morgan fingerprint density at radius 2 is 1.93 bits per heavy atom. The Hall–Kier alpha value is -3.10. The Kier molecular flexibility index (Phi) is 6.15. The fourth-order valence-corrected chi connectivity index (χ4v) is 4.25. The van der Waals surface area contributed by atoms with Crippen molar-refractivity contribution < 1.29 is 0 Å². The van der Waals surface area contributed by atoms with Gasteiger partial charge in [0.15, 0.2) is 0 Å². The van der Waals surface area contributed by atoms with Crippen molar-refractivity contribution in [3.05, 3.63) is 64.3 Å². The van der Waals surface area contributed by atoms with Crippen LogP contribution < -0.4 is 16.2 Å². The number of aromatic nitrogens is 4. The number of hydrogen-bond acceptors (Lipinski definition) is 7. The molecule has 5 heterocycles. The molecule has 0 amide bonds. The largest absolute Gasteiger partial charge is 0.326 e. The van der Waals surface area contributed by atoms with E-state index in [0.29, 0.717) is 11.6 Å². The van der Waals surface area contributed by atoms with E-state index in [1.165, 1.54) is 25.9 Å². The molecular formula is C22H24N6OS. The summed E-state index contributed by atoms with van der Waals surface area (Å²) in [5, 5.41) is 7.29. The SMILES string of the molecule is C1CCNC1.Cc1cc(Nc2cc3nc(-c4ccncc4C)sc3cn2)[nH]c(=O)c1. The van der Waals surface area contributed by atoms with Gasteiger partial charge in [-0.1, -0.05) is 0 Å². The van der Waals surface area contributed by atoms with E-state index in [4.69, 9.17) is 4.98 Å². The lowest BCUT2D eigenvalue weighted by atomic mass is 10.2. The van der Waals surface area contributed by atoms with Gasteiger partial charge in [0.25, 0.3) is 0 Å². The third-order valence-electron chi connectivity index (χ3n) is 4.73. The first-order valence-corrected chi connectivity index (χ1v) is 10.8. The van der Waals surface area contributed by atoms with Crippen molar-refractivity contribution in [3.63, 3.8) is 0 Å². The first kappa shape index (κ1) is 20.2. The molecule has 1 fully saturated rings. The average Bonchev–Trinajstić information content (AvgIpc) is 3.40. The molecule has 4 aromatic heterocycles. The standard InChI is InChI=1S/C18H15N5OS.C4H9N/c1-10-5-16(23-17(24)6-10)22-15-7-13-14(9-20-15)25-18(21-13)12-3-4-19-8-11(12)2;1-2-4-5-3-1/h3-9H,1-2H3,(H2,20,22,23,24);5H,1-4H2. The monoisotopic (exact) mass is 420 g/mol. The molecule has 0 spiro atoms. The molecule has 0 unspecified atom stereocenters. The first-order valence-electron chi connectivity index (χ1n) is 9.95. The molecule has 1 aliphatic rings. The minimum Gasteiger partial charge on any atom is -0.326 e. The van der Waals surface area contributed by atoms with Crippen LogP contribution in [-0.2, 0) is 0 Å². The number of H-pyrrole nitrogens is 1. The van der Waals surface area contributed by atoms with Crippen LogP contribution in [0.15, 0.2) is 47.7 Å². The smallest absolute Gasteiger partial charge is 0.249 e. The Balaban J connectivity index is 0.000000383. The Labute approximate surface area is 178 Å². The second-order valence-electron chi connectivity index (χ2n) is 7.26. The van der Waals surface area contributed by atoms with Gasteiger partial charge < -0.3 is 15.6 Å². The lowest BCUT2D eigenvalue weighted by molar-refractivity contribution is 0.857. The Morgan fingerprint density at radius 1 is 1.10 bits per heavy atom. The van der Waals surface area contributed by atoms with Crippen LogP contribution >= 0.6 is 11.3 Å². The molecule has 0 bridgehead atoms. The molecule has 4 aromatic rings. The van der Waals surface area contributed by atoms with Crippen molar-refractivity contribution in [3.8, 4) is 10.6 Å². The topological polar surface area (TPSA) is 95.6 Å². The van der Waals surface area contributed by atoms with Crippen molar-refractivity contribution in [1.82, 2.24) is 25.3 Å². The van der Waals surface area contributed by atoms with Crippen LogP contribution in [0.2, 0.25) is 0 Å². The zero-order chi connectivity index (χ0) is 20.9. The van der Waals surface area contributed by atoms with E-state index >= 15 is 0 Å². The predicted octanol–water partition coefficient (Wildman–Crippen LogP) is 4.17. The number of aromatic amines is 1. The van der Waals surface area contributed by atoms with Crippen molar-refractivity contribution >= 4 is 33.2 Å². The number of hydrogen-bond donors (Lipinski definition) is 3. The lowest BCUT2D eigenvalue weighted by Crippen LogP contribution is -2.08. The molecule has 0 saturated carbocycles. The van der Waals surface area contributed by atoms with Crippen molar-refractivity contribution in [2.75, 3.05) is 18.4 Å². The van der Waals surface area contributed by atoms with Crippen molar-refractivity contribution in [2.24, 2.45) is 0 Å². The van der Waals surface area contributed by atoms with Crippen LogP contribution in [0, 0.1) is 13.8 Å². The van der Waals surface area contributed by atoms with Gasteiger partial charge in [0, 0.05) is 36.3 Å². The van der Waals surface area contributed by atoms with Gasteiger partial charge in [0.2, 0.25) is 5.56 Å². The highest BCUT2D eigenvalue weighted by atomic mass is 32.1. The highest BCUT2D eigenvalue weighted by molar-refractivity contribution is 7.21. The quantitative estimate of drug-likeness (QED) is 0.460. The molecule has 1 saturated heterocycles. The molecular weight excluding hydrogens is 396 g/mol. The van der Waals surface area contributed by atoms with Gasteiger partial charge >= 0.3 is 0 Å². The van der Waals surface area contributed by atoms with Crippen LogP contribution in [-0.4, -0.2) is 33.0 Å². The third kappa shape index (κ3) is 4.90. The second-order valence-corrected chi connectivity index (χ2v) is 8.30. The van der Waals surface area contributed by atoms with Gasteiger partial charge in [0.1, 0.15) is 16.6 Å². The zero-order valence-electron chi connectivity index (χ0n) is 17.0. The number of nitrogens with one attached hydrogen (secondary N) is 3. The number of thiazole rings is 1. The summed E-state index contributed by atoms with van der Waals surface area (Å²) in [4.78, 5) is 27.6. The highest BCUT2D eigenvalue weighted by Gasteiger charge is 2.10. The van der Waals surface area contributed by atoms with E-state index in [-0.39, 0.29) is 5.56 Å². The molecule has 8 heteroatoms. The maximum Gasteiger partial charge on any atom is 0.249 e. The molecule has 154 valence electrons. The van der Waals surface area contributed by atoms with Gasteiger partial charge in [-0.25, -0.2) is 9.97 Å². The molecule has 1 aliphatic heterocycles. The van der Waals surface area contributed by atoms with E-state index in [0.717, 1.165) is 31.9 Å². The summed E-state index contributed by atoms with van der Waals surface area (Å²) in [6, 6.07) is 7.26. The van der Waals surface area contributed by atoms with Crippen molar-refractivity contribution in [2.45, 2.75) is 26.7 Å². The Bertz CT molecular complexity index is 1200. The van der Waals surface area contributed by atoms with Crippen molar-refractivity contribution in [1.29, 1.82) is 0 Å². The van der Waals surface area contributed by atoms with E-state index < -0.39 is 0 Å². The number of fused-ring (bicyclic) bond motifs is 1. The van der Waals surface area contributed by atoms with Gasteiger partial charge in [-0.05, 0) is 63.0 Å². The summed E-state index contributed by atoms with van der Waals surface area (Å²) in [7, 11) is 0. The molecule has 7 nitrogen and oxygen atoms in total. The molecule has 5 rings (SSSR count). The van der Waals surface area contributed by atoms with E-state index in [9.17, 15) is 4.79 Å². The average molecular weight is 421 g/mol. The lowest BCUT2D eigenvalue weighted by Gasteiger charge is -2.05. The fourth-order valence-electron chi connectivity index (χ4n) is 3.24. The Morgan fingerprint density at radius 3 is 2.63 bits per heavy atom. The number of rotatable bonds is 3. The molecule has 0 aliphatic carbocycles. The number of anilines is 2. The van der Waals surface area contributed by atoms with E-state index in [1.54, 1.807) is 29.8 Å². The highest BCUT2D eigenvalue weighted by Crippen LogP contribution is 2.32. The predicted molar refractivity (Wildman–Crippen MR) is 123 cm³/mol. The van der Waals surface area contributed by atoms with Gasteiger partial charge in [-0.3, -0.25) is 9.78 Å². The van der Waals surface area contributed by atoms with E-state index in [1.807, 2.05) is 38.2 Å². The molecule has 0 aromatic carbocycles. The zero-order valence-corrected chi connectivity index (χ0v) is 17.8. The maximum absolute atomic E-state index is 11.6. The van der Waals surface area contributed by atoms with Gasteiger partial charge in [-0.2, -0.15) is 0 Å². The fraction of sp³-hybridized carbons (Fsp3) is 0.273.